The molecular formula is C68H89F12N21O17. The number of halogens is 12. The van der Waals surface area contributed by atoms with Gasteiger partial charge in [-0.2, -0.15) is 52.7 Å². The molecule has 0 unspecified atom stereocenters. The highest BCUT2D eigenvalue weighted by Gasteiger charge is 2.42. The van der Waals surface area contributed by atoms with E-state index in [-0.39, 0.29) is 121 Å². The zero-order valence-electron chi connectivity index (χ0n) is 62.1. The van der Waals surface area contributed by atoms with Crippen LogP contribution in [0.25, 0.3) is 10.8 Å². The van der Waals surface area contributed by atoms with Crippen molar-refractivity contribution in [1.29, 1.82) is 0 Å². The van der Waals surface area contributed by atoms with Gasteiger partial charge in [0, 0.05) is 51.9 Å². The molecule has 38 nitrogen and oxygen atoms in total. The zero-order chi connectivity index (χ0) is 89.8. The summed E-state index contributed by atoms with van der Waals surface area (Å²) in [6, 6.07) is 18.3. The summed E-state index contributed by atoms with van der Waals surface area (Å²) in [5.41, 5.74) is 52.3. The van der Waals surface area contributed by atoms with Gasteiger partial charge in [0.1, 0.15) is 48.3 Å². The number of nitrogens with zero attached hydrogens (tertiary/aromatic N) is 4. The average molecular weight is 1700 g/mol. The van der Waals surface area contributed by atoms with Crippen LogP contribution in [0.15, 0.2) is 123 Å². The third-order valence-electron chi connectivity index (χ3n) is 15.3. The maximum absolute atomic E-state index is 15.1. The molecule has 0 saturated carbocycles. The van der Waals surface area contributed by atoms with Crippen molar-refractivity contribution in [2.75, 3.05) is 26.2 Å². The van der Waals surface area contributed by atoms with E-state index >= 15 is 14.4 Å². The zero-order valence-corrected chi connectivity index (χ0v) is 62.1. The van der Waals surface area contributed by atoms with Crippen LogP contribution in [-0.4, -0.2) is 221 Å². The minimum atomic E-state index is -5.08. The lowest BCUT2D eigenvalue weighted by Gasteiger charge is -2.29. The van der Waals surface area contributed by atoms with E-state index in [1.807, 2.05) is 36.4 Å². The quantitative estimate of drug-likeness (QED) is 0.0160. The van der Waals surface area contributed by atoms with Crippen molar-refractivity contribution in [1.82, 2.24) is 42.5 Å². The SMILES string of the molecule is NC(=O)CC[C@@H]1NC(=O)[C@@H](CCCN=C(N)N)NC(=O)[C@H](CCCN=C(N)N)NC(=O)[C@@H](CCCN=C(N)N)NC(=O)[C@H](CCCN=C(N)N)NC(=O)[C@H](Cc2ccc3ccccc3c2)NC(=O)[C@@H](Cc2ccccc2)NC(=O)[C@H](Cc2ccccc2)NC1=O.O=C(O)C(F)(F)F.O=C(O)C(F)(F)F.O=C(O)C(F)(F)F.O=C(O)C(F)(F)F. The molecule has 50 heteroatoms. The number of benzene rings is 4. The maximum atomic E-state index is 15.1. The maximum Gasteiger partial charge on any atom is 0.490 e. The minimum absolute atomic E-state index is 0.00618. The molecule has 5 rings (SSSR count). The minimum Gasteiger partial charge on any atom is -0.475 e. The molecule has 4 aromatic carbocycles. The number of rotatable bonds is 25. The number of nitrogens with two attached hydrogens (primary N) is 9. The van der Waals surface area contributed by atoms with Crippen molar-refractivity contribution in [2.24, 2.45) is 71.6 Å². The predicted molar refractivity (Wildman–Crippen MR) is 396 cm³/mol. The van der Waals surface area contributed by atoms with E-state index in [0.29, 0.717) is 16.7 Å². The molecule has 1 aliphatic rings. The highest BCUT2D eigenvalue weighted by atomic mass is 19.4. The van der Waals surface area contributed by atoms with E-state index in [0.717, 1.165) is 10.8 Å². The summed E-state index contributed by atoms with van der Waals surface area (Å²) in [5, 5.41) is 52.1. The second-order valence-corrected chi connectivity index (χ2v) is 24.8. The summed E-state index contributed by atoms with van der Waals surface area (Å²) in [6.07, 6.45) is -21.8. The largest absolute Gasteiger partial charge is 0.490 e. The molecule has 1 heterocycles. The fraction of sp³-hybridized carbons (Fsp3) is 0.426. The van der Waals surface area contributed by atoms with Crippen LogP contribution in [0.2, 0.25) is 0 Å². The first-order valence-electron chi connectivity index (χ1n) is 34.5. The van der Waals surface area contributed by atoms with Gasteiger partial charge >= 0.3 is 48.6 Å². The molecule has 0 radical (unpaired) electrons. The Morgan fingerprint density at radius 1 is 0.297 bits per heavy atom. The van der Waals surface area contributed by atoms with Crippen LogP contribution >= 0.6 is 0 Å². The van der Waals surface area contributed by atoms with Crippen molar-refractivity contribution in [3.05, 3.63) is 120 Å². The van der Waals surface area contributed by atoms with Crippen LogP contribution < -0.4 is 94.1 Å². The molecule has 0 spiro atoms. The number of aliphatic carboxylic acids is 4. The molecule has 1 aliphatic heterocycles. The summed E-state index contributed by atoms with van der Waals surface area (Å²) >= 11 is 0. The van der Waals surface area contributed by atoms with Crippen molar-refractivity contribution in [2.45, 2.75) is 157 Å². The Hall–Kier alpha value is -13.5. The molecule has 1 fully saturated rings. The number of alkyl halides is 12. The van der Waals surface area contributed by atoms with Crippen LogP contribution in [0.1, 0.15) is 80.9 Å². The van der Waals surface area contributed by atoms with Crippen molar-refractivity contribution < 1.29 is 135 Å². The van der Waals surface area contributed by atoms with Crippen LogP contribution in [-0.2, 0) is 81.6 Å². The number of aliphatic imine (C=N–C) groups is 4. The lowest BCUT2D eigenvalue weighted by atomic mass is 9.99. The van der Waals surface area contributed by atoms with E-state index in [1.165, 1.54) is 0 Å². The Kier molecular flexibility index (Phi) is 44.0. The number of hydrogen-bond acceptors (Lipinski definition) is 17. The van der Waals surface area contributed by atoms with Gasteiger partial charge in [0.05, 0.1) is 0 Å². The second-order valence-electron chi connectivity index (χ2n) is 24.8. The second kappa shape index (κ2) is 50.7. The molecule has 1 saturated heterocycles. The van der Waals surface area contributed by atoms with Gasteiger partial charge in [-0.1, -0.05) is 103 Å². The van der Waals surface area contributed by atoms with Gasteiger partial charge in [-0.15, -0.1) is 0 Å². The van der Waals surface area contributed by atoms with Gasteiger partial charge in [-0.3, -0.25) is 63.1 Å². The Balaban J connectivity index is 0.00000211. The first kappa shape index (κ1) is 102. The lowest BCUT2D eigenvalue weighted by Crippen LogP contribution is -2.62. The van der Waals surface area contributed by atoms with E-state index in [4.69, 9.17) is 91.2 Å². The Labute approximate surface area is 661 Å². The first-order chi connectivity index (χ1) is 54.8. The summed E-state index contributed by atoms with van der Waals surface area (Å²) in [7, 11) is 0. The number of carboxylic acids is 4. The van der Waals surface area contributed by atoms with E-state index < -0.39 is 163 Å². The Morgan fingerprint density at radius 2 is 0.508 bits per heavy atom. The van der Waals surface area contributed by atoms with Gasteiger partial charge in [0.2, 0.25) is 53.2 Å². The number of guanidine groups is 4. The predicted octanol–water partition coefficient (Wildman–Crippen LogP) is -1.23. The average Bonchev–Trinajstić information content (AvgIpc) is 0.833. The number of primary amides is 1. The van der Waals surface area contributed by atoms with Crippen LogP contribution in [0.4, 0.5) is 52.7 Å². The number of carbonyl (C=O) groups excluding carboxylic acids is 9. The number of amides is 9. The van der Waals surface area contributed by atoms with E-state index in [9.17, 15) is 81.5 Å². The van der Waals surface area contributed by atoms with Crippen molar-refractivity contribution in [3.63, 3.8) is 0 Å². The van der Waals surface area contributed by atoms with Crippen LogP contribution in [0, 0.1) is 0 Å². The fourth-order valence-electron chi connectivity index (χ4n) is 9.75. The number of fused-ring (bicyclic) bond motifs is 1. The van der Waals surface area contributed by atoms with Gasteiger partial charge in [-0.25, -0.2) is 19.2 Å². The van der Waals surface area contributed by atoms with Crippen molar-refractivity contribution >= 4 is 112 Å². The molecule has 0 aliphatic carbocycles. The molecule has 9 amide bonds. The number of carbonyl (C=O) groups is 13. The Bertz CT molecular complexity index is 4030. The third kappa shape index (κ3) is 43.7. The van der Waals surface area contributed by atoms with E-state index in [2.05, 4.69) is 62.5 Å². The van der Waals surface area contributed by atoms with E-state index in [1.54, 1.807) is 66.7 Å². The lowest BCUT2D eigenvalue weighted by molar-refractivity contribution is -0.193. The van der Waals surface area contributed by atoms with Crippen molar-refractivity contribution in [3.8, 4) is 0 Å². The number of carboxylic acid groups (broad SMARTS) is 4. The molecule has 118 heavy (non-hydrogen) atoms. The highest BCUT2D eigenvalue weighted by Crippen LogP contribution is 2.20. The highest BCUT2D eigenvalue weighted by molar-refractivity contribution is 5.99. The summed E-state index contributed by atoms with van der Waals surface area (Å²) in [5.74, 6) is -20.0. The third-order valence-corrected chi connectivity index (χ3v) is 15.3. The first-order valence-corrected chi connectivity index (χ1v) is 34.5. The van der Waals surface area contributed by atoms with Gasteiger partial charge < -0.3 is 115 Å². The summed E-state index contributed by atoms with van der Waals surface area (Å²) in [4.78, 5) is 183. The monoisotopic (exact) mass is 1700 g/mol. The molecule has 8 atom stereocenters. The Morgan fingerprint density at radius 3 is 0.746 bits per heavy atom. The van der Waals surface area contributed by atoms with Gasteiger partial charge in [0.25, 0.3) is 0 Å². The molecule has 0 aromatic heterocycles. The fourth-order valence-corrected chi connectivity index (χ4v) is 9.75. The molecule has 0 bridgehead atoms. The van der Waals surface area contributed by atoms with Gasteiger partial charge in [-0.05, 0) is 85.3 Å². The van der Waals surface area contributed by atoms with Crippen LogP contribution in [0.3, 0.4) is 0 Å². The number of hydrogen-bond donors (Lipinski definition) is 21. The molecule has 652 valence electrons. The standard InChI is InChI=1S/C60H85N21O9.4C2HF3O2/c61-48(82)26-25-44-53(87)79-45(32-35-13-3-1-4-14-35)55(89)80-46(33-36-15-5-2-6-16-36)56(90)81-47(34-37-23-24-38-17-7-8-18-39(38)31-37)54(88)77-43(22-12-30-73-60(68)69)51(85)75-41(20-10-28-71-58(64)65)49(83)74-40(19-9-27-70-57(62)63)50(84)76-42(52(86)78-44)21-11-29-72-59(66)67;4*3-2(4,5)1(6)7/h1-8,13-18,23-24,31,40-47H,9-12,19-22,25-30,32-34H2,(H2,61,82)(H,74,83)(H,75,85)(H,76,84)(H,77,88)(H,78,86)(H,79,87)(H,80,89)(H,81,90)(H4,62,63,70)(H4,64,65,71)(H4,66,67,72)(H4,68,69,73);4*(H,6,7)/t40-,41+,42+,43-,44-,45-,46+,47-;;;;/m0..../s1. The molecular weight excluding hydrogens is 1610 g/mol. The molecule has 30 N–H and O–H groups in total. The number of nitrogens with one attached hydrogen (secondary N) is 8. The topological polar surface area (TPSA) is 683 Å². The summed E-state index contributed by atoms with van der Waals surface area (Å²) < 4.78 is 127. The van der Waals surface area contributed by atoms with Crippen LogP contribution in [0.5, 0.6) is 0 Å². The molecule has 4 aromatic rings. The smallest absolute Gasteiger partial charge is 0.475 e. The summed E-state index contributed by atoms with van der Waals surface area (Å²) in [6.45, 7) is -0.0336. The van der Waals surface area contributed by atoms with Gasteiger partial charge in [0.15, 0.2) is 23.8 Å². The normalized spacial score (nSPS) is 18.5.